The first-order valence-corrected chi connectivity index (χ1v) is 15.4. The predicted octanol–water partition coefficient (Wildman–Crippen LogP) is 7.02. The molecule has 3 N–H and O–H groups in total. The molecular weight excluding hydrogens is 584 g/mol. The first-order valence-electron chi connectivity index (χ1n) is 13.6. The van der Waals surface area contributed by atoms with Gasteiger partial charge in [-0.3, -0.25) is 0 Å². The molecule has 11 heteroatoms. The number of aromatic nitrogens is 3. The lowest BCUT2D eigenvalue weighted by atomic mass is 10.2. The molecule has 1 aliphatic heterocycles. The Balaban J connectivity index is 1.19. The van der Waals surface area contributed by atoms with Crippen LogP contribution in [0.3, 0.4) is 0 Å². The molecule has 0 bridgehead atoms. The first kappa shape index (κ1) is 28.3. The fourth-order valence-electron chi connectivity index (χ4n) is 4.77. The Hall–Kier alpha value is -4.80. The molecule has 218 valence electrons. The molecule has 0 saturated carbocycles. The van der Waals surface area contributed by atoms with Crippen molar-refractivity contribution in [2.75, 3.05) is 11.9 Å². The molecule has 9 nitrogen and oxygen atoms in total. The van der Waals surface area contributed by atoms with Crippen molar-refractivity contribution in [3.63, 3.8) is 0 Å². The number of allylic oxidation sites excluding steroid dienone is 1. The summed E-state index contributed by atoms with van der Waals surface area (Å²) in [6, 6.07) is 28.3. The highest BCUT2D eigenvalue weighted by Gasteiger charge is 2.19. The molecule has 0 fully saturated rings. The van der Waals surface area contributed by atoms with Crippen LogP contribution in [0.15, 0.2) is 109 Å². The molecule has 3 heterocycles. The summed E-state index contributed by atoms with van der Waals surface area (Å²) in [6.07, 6.45) is 4.34. The molecule has 0 saturated heterocycles. The lowest BCUT2D eigenvalue weighted by molar-refractivity contribution is 0.194. The predicted molar refractivity (Wildman–Crippen MR) is 173 cm³/mol. The normalized spacial score (nSPS) is 14.3. The van der Waals surface area contributed by atoms with Crippen molar-refractivity contribution in [1.29, 1.82) is 0 Å². The number of anilines is 2. The summed E-state index contributed by atoms with van der Waals surface area (Å²) in [5.74, 6) is 2.77. The first-order chi connectivity index (χ1) is 21.0. The van der Waals surface area contributed by atoms with Crippen molar-refractivity contribution < 1.29 is 14.6 Å². The highest BCUT2D eigenvalue weighted by molar-refractivity contribution is 8.12. The maximum absolute atomic E-state index is 10.9. The number of ether oxygens (including phenoxy) is 1. The van der Waals surface area contributed by atoms with Gasteiger partial charge in [-0.15, -0.1) is 0 Å². The minimum Gasteiger partial charge on any atom is -0.465 e. The van der Waals surface area contributed by atoms with Crippen molar-refractivity contribution in [1.82, 2.24) is 24.2 Å². The molecule has 0 spiro atoms. The Bertz CT molecular complexity index is 1810. The summed E-state index contributed by atoms with van der Waals surface area (Å²) < 4.78 is 10.5. The Labute approximate surface area is 256 Å². The van der Waals surface area contributed by atoms with Crippen LogP contribution in [0.4, 0.5) is 16.3 Å². The number of halogens is 1. The van der Waals surface area contributed by atoms with Crippen LogP contribution in [0.25, 0.3) is 11.0 Å². The average molecular weight is 613 g/mol. The van der Waals surface area contributed by atoms with Crippen LogP contribution in [0.2, 0.25) is 5.02 Å². The molecule has 0 aliphatic carbocycles. The zero-order valence-corrected chi connectivity index (χ0v) is 24.6. The van der Waals surface area contributed by atoms with E-state index in [1.165, 1.54) is 17.5 Å². The molecule has 0 radical (unpaired) electrons. The molecular formula is C32H29ClN6O3S. The van der Waals surface area contributed by atoms with Crippen LogP contribution in [-0.2, 0) is 18.8 Å². The third kappa shape index (κ3) is 6.99. The second-order valence-corrected chi connectivity index (χ2v) is 12.0. The number of hydrogen-bond donors (Lipinski definition) is 3. The standard InChI is InChI=1S/C32H29ClN6O3S/c33-27-17-25(37-31-30-28(35-22-36-31)13-15-38(30)16-14-34-32(40)41)11-12-29(27)42-26-19-39(18-23-7-3-1-4-8-23)43(21-26)20-24-9-5-2-6-10-24/h1-13,15,17,19,21-22,34H,14,16,18,20H2,(H,40,41)(H,35,36,37). The van der Waals surface area contributed by atoms with E-state index in [0.717, 1.165) is 34.8 Å². The summed E-state index contributed by atoms with van der Waals surface area (Å²) in [5, 5.41) is 17.2. The van der Waals surface area contributed by atoms with Crippen molar-refractivity contribution in [2.45, 2.75) is 18.8 Å². The van der Waals surface area contributed by atoms with Crippen molar-refractivity contribution >= 4 is 56.3 Å². The number of hydrogen-bond acceptors (Lipinski definition) is 6. The summed E-state index contributed by atoms with van der Waals surface area (Å²) in [6.45, 7) is 1.47. The topological polar surface area (TPSA) is 105 Å². The highest BCUT2D eigenvalue weighted by atomic mass is 35.5. The van der Waals surface area contributed by atoms with Gasteiger partial charge in [0.15, 0.2) is 11.6 Å². The van der Waals surface area contributed by atoms with Crippen LogP contribution in [0, 0.1) is 0 Å². The van der Waals surface area contributed by atoms with Gasteiger partial charge >= 0.3 is 6.09 Å². The maximum atomic E-state index is 10.9. The highest BCUT2D eigenvalue weighted by Crippen LogP contribution is 2.36. The summed E-state index contributed by atoms with van der Waals surface area (Å²) in [7, 11) is -0.193. The number of rotatable bonds is 11. The second kappa shape index (κ2) is 13.0. The number of nitrogens with zero attached hydrogens (tertiary/aromatic N) is 4. The van der Waals surface area contributed by atoms with E-state index in [1.54, 1.807) is 6.07 Å². The van der Waals surface area contributed by atoms with Gasteiger partial charge in [0, 0.05) is 36.1 Å². The summed E-state index contributed by atoms with van der Waals surface area (Å²) in [4.78, 5) is 19.6. The Morgan fingerprint density at radius 2 is 1.74 bits per heavy atom. The lowest BCUT2D eigenvalue weighted by Crippen LogP contribution is -2.25. The monoisotopic (exact) mass is 612 g/mol. The zero-order chi connectivity index (χ0) is 29.6. The Morgan fingerprint density at radius 1 is 0.977 bits per heavy atom. The van der Waals surface area contributed by atoms with E-state index in [1.807, 2.05) is 41.1 Å². The Morgan fingerprint density at radius 3 is 2.49 bits per heavy atom. The molecule has 43 heavy (non-hydrogen) atoms. The number of carbonyl (C=O) groups is 1. The van der Waals surface area contributed by atoms with Gasteiger partial charge in [0.1, 0.15) is 17.6 Å². The molecule has 1 amide bonds. The third-order valence-electron chi connectivity index (χ3n) is 6.76. The SMILES string of the molecule is O=C(O)NCCn1ccc2ncnc(Nc3ccc(OC4=CN(Cc5ccccc5)S(Cc5ccccc5)=C4)c(Cl)c3)c21. The number of benzene rings is 3. The number of fused-ring (bicyclic) bond motifs is 1. The van der Waals surface area contributed by atoms with Crippen LogP contribution in [0.5, 0.6) is 5.75 Å². The molecule has 1 unspecified atom stereocenters. The molecule has 1 aliphatic rings. The van der Waals surface area contributed by atoms with Crippen LogP contribution in [-0.4, -0.2) is 42.0 Å². The molecule has 2 aromatic heterocycles. The Kier molecular flexibility index (Phi) is 8.57. The number of nitrogens with one attached hydrogen (secondary N) is 2. The van der Waals surface area contributed by atoms with Gasteiger partial charge in [-0.25, -0.2) is 14.8 Å². The van der Waals surface area contributed by atoms with E-state index >= 15 is 0 Å². The van der Waals surface area contributed by atoms with Gasteiger partial charge in [-0.1, -0.05) is 82.9 Å². The van der Waals surface area contributed by atoms with E-state index in [4.69, 9.17) is 21.4 Å². The van der Waals surface area contributed by atoms with E-state index in [0.29, 0.717) is 23.1 Å². The van der Waals surface area contributed by atoms with Crippen molar-refractivity contribution in [2.24, 2.45) is 0 Å². The van der Waals surface area contributed by atoms with E-state index in [2.05, 4.69) is 85.0 Å². The van der Waals surface area contributed by atoms with E-state index in [9.17, 15) is 4.79 Å². The van der Waals surface area contributed by atoms with Gasteiger partial charge in [0.25, 0.3) is 0 Å². The van der Waals surface area contributed by atoms with Gasteiger partial charge in [0.05, 0.1) is 23.3 Å². The zero-order valence-electron chi connectivity index (χ0n) is 23.1. The minimum absolute atomic E-state index is 0.193. The fourth-order valence-corrected chi connectivity index (χ4v) is 6.84. The van der Waals surface area contributed by atoms with Crippen LogP contribution >= 0.6 is 22.3 Å². The van der Waals surface area contributed by atoms with Crippen LogP contribution in [0.1, 0.15) is 11.1 Å². The van der Waals surface area contributed by atoms with Crippen molar-refractivity contribution in [3.05, 3.63) is 126 Å². The van der Waals surface area contributed by atoms with Gasteiger partial charge in [-0.05, 0) is 35.4 Å². The van der Waals surface area contributed by atoms with Gasteiger partial charge < -0.3 is 29.3 Å². The van der Waals surface area contributed by atoms with E-state index in [-0.39, 0.29) is 17.2 Å². The number of carboxylic acid groups (broad SMARTS) is 1. The average Bonchev–Trinajstić information content (AvgIpc) is 3.59. The third-order valence-corrected chi connectivity index (χ3v) is 9.03. The van der Waals surface area contributed by atoms with E-state index < -0.39 is 6.09 Å². The summed E-state index contributed by atoms with van der Waals surface area (Å²) in [5.41, 5.74) is 4.74. The van der Waals surface area contributed by atoms with Gasteiger partial charge in [-0.2, -0.15) is 0 Å². The van der Waals surface area contributed by atoms with Crippen molar-refractivity contribution in [3.8, 4) is 5.75 Å². The molecule has 3 aromatic carbocycles. The lowest BCUT2D eigenvalue weighted by Gasteiger charge is -2.21. The molecule has 5 aromatic rings. The second-order valence-electron chi connectivity index (χ2n) is 9.81. The largest absolute Gasteiger partial charge is 0.465 e. The molecule has 1 atom stereocenters. The van der Waals surface area contributed by atoms with Crippen LogP contribution < -0.4 is 15.4 Å². The summed E-state index contributed by atoms with van der Waals surface area (Å²) >= 11 is 6.71. The quantitative estimate of drug-likeness (QED) is 0.138. The molecule has 6 rings (SSSR count). The minimum atomic E-state index is -1.06. The number of amides is 1. The maximum Gasteiger partial charge on any atom is 0.404 e. The fraction of sp³-hybridized carbons (Fsp3) is 0.125. The smallest absolute Gasteiger partial charge is 0.404 e. The van der Waals surface area contributed by atoms with Gasteiger partial charge in [0.2, 0.25) is 0 Å².